The van der Waals surface area contributed by atoms with Crippen LogP contribution in [0.3, 0.4) is 0 Å². The van der Waals surface area contributed by atoms with E-state index < -0.39 is 40.3 Å². The molecular weight excluding hydrogens is 418 g/mol. The second kappa shape index (κ2) is 9.38. The molecule has 2 aromatic carbocycles. The van der Waals surface area contributed by atoms with Crippen LogP contribution in [0, 0.1) is 10.1 Å². The first kappa shape index (κ1) is 22.6. The summed E-state index contributed by atoms with van der Waals surface area (Å²) in [4.78, 5) is 61.2. The van der Waals surface area contributed by atoms with Crippen molar-refractivity contribution in [1.82, 2.24) is 4.90 Å². The molecule has 1 aliphatic rings. The molecule has 0 saturated carbocycles. The highest BCUT2D eigenvalue weighted by atomic mass is 16.6. The van der Waals surface area contributed by atoms with Crippen molar-refractivity contribution < 1.29 is 28.8 Å². The minimum absolute atomic E-state index is 0.116. The Labute approximate surface area is 183 Å². The Morgan fingerprint density at radius 2 is 1.81 bits per heavy atom. The van der Waals surface area contributed by atoms with Gasteiger partial charge >= 0.3 is 5.97 Å². The van der Waals surface area contributed by atoms with Crippen molar-refractivity contribution >= 4 is 35.1 Å². The zero-order valence-corrected chi connectivity index (χ0v) is 17.5. The van der Waals surface area contributed by atoms with Gasteiger partial charge in [-0.1, -0.05) is 19.4 Å². The van der Waals surface area contributed by atoms with Gasteiger partial charge in [-0.25, -0.2) is 4.79 Å². The number of anilines is 1. The van der Waals surface area contributed by atoms with Gasteiger partial charge in [-0.2, -0.15) is 0 Å². The van der Waals surface area contributed by atoms with Gasteiger partial charge in [0.05, 0.1) is 22.7 Å². The van der Waals surface area contributed by atoms with Gasteiger partial charge in [0.1, 0.15) is 11.6 Å². The van der Waals surface area contributed by atoms with E-state index in [9.17, 15) is 29.3 Å². The molecule has 1 atom stereocenters. The lowest BCUT2D eigenvalue weighted by atomic mass is 10.1. The van der Waals surface area contributed by atoms with Gasteiger partial charge in [-0.3, -0.25) is 29.4 Å². The van der Waals surface area contributed by atoms with Gasteiger partial charge in [0.2, 0.25) is 5.91 Å². The van der Waals surface area contributed by atoms with Crippen molar-refractivity contribution in [3.63, 3.8) is 0 Å². The number of carbonyl (C=O) groups is 4. The fourth-order valence-corrected chi connectivity index (χ4v) is 3.24. The van der Waals surface area contributed by atoms with Crippen LogP contribution in [0.2, 0.25) is 0 Å². The fraction of sp³-hybridized carbons (Fsp3) is 0.273. The first-order valence-electron chi connectivity index (χ1n) is 9.99. The normalized spacial score (nSPS) is 13.5. The molecule has 0 spiro atoms. The van der Waals surface area contributed by atoms with Gasteiger partial charge in [0.25, 0.3) is 17.5 Å². The molecule has 1 heterocycles. The summed E-state index contributed by atoms with van der Waals surface area (Å²) in [7, 11) is 0. The van der Waals surface area contributed by atoms with E-state index >= 15 is 0 Å². The Morgan fingerprint density at radius 1 is 1.12 bits per heavy atom. The Bertz CT molecular complexity index is 1100. The molecule has 0 radical (unpaired) electrons. The van der Waals surface area contributed by atoms with E-state index in [-0.39, 0.29) is 11.1 Å². The van der Waals surface area contributed by atoms with Gasteiger partial charge in [0, 0.05) is 11.8 Å². The monoisotopic (exact) mass is 439 g/mol. The number of rotatable bonds is 8. The highest BCUT2D eigenvalue weighted by Gasteiger charge is 2.44. The highest BCUT2D eigenvalue weighted by Crippen LogP contribution is 2.32. The average Bonchev–Trinajstić information content (AvgIpc) is 3.03. The molecule has 0 fully saturated rings. The summed E-state index contributed by atoms with van der Waals surface area (Å²) in [5, 5.41) is 13.8. The standard InChI is InChI=1S/C22H21N3O7/c1-3-4-12-32-22(29)14-8-10-15(11-9-14)23-19(26)13(2)24-20(27)16-6-5-7-17(25(30)31)18(16)21(24)28/h5-11,13H,3-4,12H2,1-2H3,(H,23,26). The molecule has 0 aliphatic carbocycles. The van der Waals surface area contributed by atoms with Crippen LogP contribution in [0.4, 0.5) is 11.4 Å². The summed E-state index contributed by atoms with van der Waals surface area (Å²) >= 11 is 0. The van der Waals surface area contributed by atoms with Gasteiger partial charge in [0.15, 0.2) is 0 Å². The molecule has 32 heavy (non-hydrogen) atoms. The topological polar surface area (TPSA) is 136 Å². The predicted molar refractivity (Wildman–Crippen MR) is 113 cm³/mol. The minimum atomic E-state index is -1.22. The van der Waals surface area contributed by atoms with Crippen LogP contribution in [0.1, 0.15) is 57.8 Å². The first-order valence-corrected chi connectivity index (χ1v) is 9.99. The largest absolute Gasteiger partial charge is 0.462 e. The maximum Gasteiger partial charge on any atom is 0.338 e. The number of unbranched alkanes of at least 4 members (excludes halogenated alkanes) is 1. The summed E-state index contributed by atoms with van der Waals surface area (Å²) in [5.74, 6) is -2.82. The van der Waals surface area contributed by atoms with Crippen LogP contribution in [-0.4, -0.2) is 46.2 Å². The SMILES string of the molecule is CCCCOC(=O)c1ccc(NC(=O)C(C)N2C(=O)c3cccc([N+](=O)[O-])c3C2=O)cc1. The first-order chi connectivity index (χ1) is 15.3. The summed E-state index contributed by atoms with van der Waals surface area (Å²) < 4.78 is 5.12. The van der Waals surface area contributed by atoms with Crippen molar-refractivity contribution in [2.45, 2.75) is 32.7 Å². The molecule has 3 amide bonds. The van der Waals surface area contributed by atoms with Crippen LogP contribution in [0.25, 0.3) is 0 Å². The molecule has 1 N–H and O–H groups in total. The van der Waals surface area contributed by atoms with Crippen LogP contribution in [0.5, 0.6) is 0 Å². The smallest absolute Gasteiger partial charge is 0.338 e. The summed E-state index contributed by atoms with van der Waals surface area (Å²) in [6.45, 7) is 3.65. The molecule has 10 nitrogen and oxygen atoms in total. The number of imide groups is 1. The fourth-order valence-electron chi connectivity index (χ4n) is 3.24. The van der Waals surface area contributed by atoms with Crippen molar-refractivity contribution in [1.29, 1.82) is 0 Å². The third kappa shape index (κ3) is 4.34. The molecule has 166 valence electrons. The predicted octanol–water partition coefficient (Wildman–Crippen LogP) is 3.17. The van der Waals surface area contributed by atoms with Crippen LogP contribution in [0.15, 0.2) is 42.5 Å². The molecule has 2 aromatic rings. The zero-order chi connectivity index (χ0) is 23.4. The third-order valence-corrected chi connectivity index (χ3v) is 5.01. The number of amides is 3. The number of hydrogen-bond acceptors (Lipinski definition) is 7. The average molecular weight is 439 g/mol. The zero-order valence-electron chi connectivity index (χ0n) is 17.5. The maximum atomic E-state index is 12.7. The molecule has 1 unspecified atom stereocenters. The number of nitro benzene ring substituents is 1. The van der Waals surface area contributed by atoms with E-state index in [1.54, 1.807) is 0 Å². The molecule has 3 rings (SSSR count). The lowest BCUT2D eigenvalue weighted by Crippen LogP contribution is -2.45. The van der Waals surface area contributed by atoms with Gasteiger partial charge in [-0.15, -0.1) is 0 Å². The number of nitrogens with one attached hydrogen (secondary N) is 1. The van der Waals surface area contributed by atoms with E-state index in [1.807, 2.05) is 6.92 Å². The second-order valence-corrected chi connectivity index (χ2v) is 7.17. The lowest BCUT2D eigenvalue weighted by Gasteiger charge is -2.21. The van der Waals surface area contributed by atoms with Crippen molar-refractivity contribution in [2.24, 2.45) is 0 Å². The third-order valence-electron chi connectivity index (χ3n) is 5.01. The Morgan fingerprint density at radius 3 is 2.44 bits per heavy atom. The summed E-state index contributed by atoms with van der Waals surface area (Å²) in [6, 6.07) is 8.49. The van der Waals surface area contributed by atoms with Crippen molar-refractivity contribution in [3.8, 4) is 0 Å². The molecule has 0 bridgehead atoms. The lowest BCUT2D eigenvalue weighted by molar-refractivity contribution is -0.385. The minimum Gasteiger partial charge on any atom is -0.462 e. The van der Waals surface area contributed by atoms with Gasteiger partial charge < -0.3 is 10.1 Å². The van der Waals surface area contributed by atoms with E-state index in [0.29, 0.717) is 22.8 Å². The number of esters is 1. The van der Waals surface area contributed by atoms with E-state index in [4.69, 9.17) is 4.74 Å². The number of fused-ring (bicyclic) bond motifs is 1. The molecule has 1 aliphatic heterocycles. The van der Waals surface area contributed by atoms with Crippen molar-refractivity contribution in [3.05, 3.63) is 69.3 Å². The van der Waals surface area contributed by atoms with E-state index in [1.165, 1.54) is 43.3 Å². The molecular formula is C22H21N3O7. The highest BCUT2D eigenvalue weighted by molar-refractivity contribution is 6.24. The summed E-state index contributed by atoms with van der Waals surface area (Å²) in [6.07, 6.45) is 1.66. The van der Waals surface area contributed by atoms with Crippen LogP contribution in [-0.2, 0) is 9.53 Å². The molecule has 0 saturated heterocycles. The summed E-state index contributed by atoms with van der Waals surface area (Å²) in [5.41, 5.74) is -0.269. The maximum absolute atomic E-state index is 12.7. The van der Waals surface area contributed by atoms with Crippen LogP contribution < -0.4 is 5.32 Å². The Hall–Kier alpha value is -4.08. The number of ether oxygens (including phenoxy) is 1. The Balaban J connectivity index is 1.70. The molecule has 10 heteroatoms. The molecule has 0 aromatic heterocycles. The number of hydrogen-bond donors (Lipinski definition) is 1. The second-order valence-electron chi connectivity index (χ2n) is 7.17. The number of carbonyl (C=O) groups excluding carboxylic acids is 4. The quantitative estimate of drug-likeness (QED) is 0.219. The van der Waals surface area contributed by atoms with Crippen LogP contribution >= 0.6 is 0 Å². The number of benzene rings is 2. The number of nitro groups is 1. The van der Waals surface area contributed by atoms with E-state index in [0.717, 1.165) is 18.9 Å². The Kier molecular flexibility index (Phi) is 6.62. The van der Waals surface area contributed by atoms with E-state index in [2.05, 4.69) is 5.32 Å². The number of nitrogens with zero attached hydrogens (tertiary/aromatic N) is 2. The van der Waals surface area contributed by atoms with Crippen molar-refractivity contribution in [2.75, 3.05) is 11.9 Å². The van der Waals surface area contributed by atoms with Gasteiger partial charge in [-0.05, 0) is 43.7 Å².